The van der Waals surface area contributed by atoms with Crippen LogP contribution in [0.2, 0.25) is 0 Å². The zero-order valence-electron chi connectivity index (χ0n) is 4.08. The zero-order chi connectivity index (χ0) is 3.58. The molecule has 0 aromatic heterocycles. The van der Waals surface area contributed by atoms with E-state index in [1.807, 2.05) is 0 Å². The van der Waals surface area contributed by atoms with E-state index >= 15 is 0 Å². The van der Waals surface area contributed by atoms with Crippen molar-refractivity contribution in [3.05, 3.63) is 0 Å². The molecule has 0 heterocycles. The maximum Gasteiger partial charge on any atom is 1.00 e. The van der Waals surface area contributed by atoms with Crippen LogP contribution >= 0.6 is 0 Å². The van der Waals surface area contributed by atoms with Crippen LogP contribution in [0, 0.1) is 71.9 Å². The predicted octanol–water partition coefficient (Wildman–Crippen LogP) is -8.44. The normalized spacial score (nSPS) is 3.43. The van der Waals surface area contributed by atoms with E-state index in [1.165, 1.54) is 0 Å². The number of carbonyl (C=O) groups excluding carboxylic acids is 1. The van der Waals surface area contributed by atoms with Crippen LogP contribution in [0.25, 0.3) is 0 Å². The fourth-order valence-corrected chi connectivity index (χ4v) is 0. The molecule has 0 radical (unpaired) electrons. The first-order valence-electron chi connectivity index (χ1n) is 0.612. The van der Waals surface area contributed by atoms with Crippen molar-refractivity contribution in [2.75, 3.05) is 0 Å². The molecule has 32 valence electrons. The van der Waals surface area contributed by atoms with E-state index in [2.05, 4.69) is 0 Å². The predicted molar refractivity (Wildman–Crippen MR) is 5.40 cm³/mol. The Morgan fingerprint density at radius 3 is 1.14 bits per heavy atom. The van der Waals surface area contributed by atoms with Gasteiger partial charge in [-0.05, 0) is 6.16 Å². The molecule has 0 unspecified atom stereocenters. The van der Waals surface area contributed by atoms with Crippen LogP contribution in [0.3, 0.4) is 0 Å². The summed E-state index contributed by atoms with van der Waals surface area (Å²) in [4.78, 5) is 8.33. The van der Waals surface area contributed by atoms with Gasteiger partial charge >= 0.3 is 59.1 Å². The summed E-state index contributed by atoms with van der Waals surface area (Å²) < 4.78 is 0. The molecular formula is CNa2O3Rn. The van der Waals surface area contributed by atoms with E-state index in [9.17, 15) is 0 Å². The smallest absolute Gasteiger partial charge is 0.652 e. The van der Waals surface area contributed by atoms with Crippen molar-refractivity contribution in [1.82, 2.24) is 0 Å². The molecule has 3 nitrogen and oxygen atoms in total. The molecule has 0 N–H and O–H groups in total. The molecule has 0 saturated heterocycles. The van der Waals surface area contributed by atoms with Crippen molar-refractivity contribution >= 4 is 6.16 Å². The molecule has 0 fully saturated rings. The van der Waals surface area contributed by atoms with Crippen molar-refractivity contribution < 1.29 is 146 Å². The summed E-state index contributed by atoms with van der Waals surface area (Å²) in [6, 6.07) is 0. The summed E-state index contributed by atoms with van der Waals surface area (Å²) in [5.41, 5.74) is 0. The number of rotatable bonds is 0. The topological polar surface area (TPSA) is 63.2 Å². The Morgan fingerprint density at radius 1 is 1.14 bits per heavy atom. The van der Waals surface area contributed by atoms with Gasteiger partial charge in [0.05, 0.1) is 0 Å². The van der Waals surface area contributed by atoms with E-state index in [4.69, 9.17) is 15.0 Å². The van der Waals surface area contributed by atoms with Gasteiger partial charge in [-0.1, -0.05) is 0 Å². The first-order chi connectivity index (χ1) is 1.73. The van der Waals surface area contributed by atoms with Gasteiger partial charge < -0.3 is 15.0 Å². The van der Waals surface area contributed by atoms with Gasteiger partial charge in [0.2, 0.25) is 0 Å². The molecule has 0 saturated carbocycles. The second-order valence-electron chi connectivity index (χ2n) is 0.250. The molecule has 0 aliphatic heterocycles. The van der Waals surface area contributed by atoms with Crippen molar-refractivity contribution in [3.63, 3.8) is 0 Å². The van der Waals surface area contributed by atoms with Crippen molar-refractivity contribution in [3.8, 4) is 0 Å². The average Bonchev–Trinajstić information content (AvgIpc) is 0.811. The summed E-state index contributed by atoms with van der Waals surface area (Å²) in [6.45, 7) is 0. The molecule has 0 aliphatic carbocycles. The Kier molecular flexibility index (Phi) is 51.9. The van der Waals surface area contributed by atoms with E-state index in [1.54, 1.807) is 0 Å². The Labute approximate surface area is 147 Å². The van der Waals surface area contributed by atoms with Crippen LogP contribution < -0.4 is 69.3 Å². The van der Waals surface area contributed by atoms with Crippen LogP contribution in [0.15, 0.2) is 0 Å². The van der Waals surface area contributed by atoms with E-state index < -0.39 is 6.16 Å². The van der Waals surface area contributed by atoms with Crippen LogP contribution in [-0.4, -0.2) is 6.16 Å². The van der Waals surface area contributed by atoms with E-state index in [-0.39, 0.29) is 131 Å². The molecule has 0 bridgehead atoms. The first kappa shape index (κ1) is 22.4. The Morgan fingerprint density at radius 2 is 1.14 bits per heavy atom. The average molecular weight is 328 g/mol. The number of carbonyl (C=O) groups is 1. The summed E-state index contributed by atoms with van der Waals surface area (Å²) in [5, 5.41) is 16.7. The third kappa shape index (κ3) is 44.7. The molecular weight excluding hydrogens is 328 g/mol. The SMILES string of the molecule is O=C([O-])[O-].[Na+].[Na+].[Rn]. The minimum atomic E-state index is -2.33. The Bertz CT molecular complexity index is 35.9. The number of hydrogen-bond donors (Lipinski definition) is 0. The summed E-state index contributed by atoms with van der Waals surface area (Å²) in [5.74, 6) is 0. The van der Waals surface area contributed by atoms with Crippen molar-refractivity contribution in [2.45, 2.75) is 0 Å². The molecule has 0 aromatic carbocycles. The summed E-state index contributed by atoms with van der Waals surface area (Å²) in [6.07, 6.45) is -2.33. The number of carboxylic acid groups (broad SMARTS) is 2. The molecule has 6 heteroatoms. The minimum Gasteiger partial charge on any atom is -0.652 e. The molecule has 0 spiro atoms. The van der Waals surface area contributed by atoms with Gasteiger partial charge in [0.1, 0.15) is 0 Å². The van der Waals surface area contributed by atoms with Crippen LogP contribution in [-0.2, 0) is 0 Å². The van der Waals surface area contributed by atoms with Crippen LogP contribution in [0.1, 0.15) is 0 Å². The fourth-order valence-electron chi connectivity index (χ4n) is 0. The van der Waals surface area contributed by atoms with E-state index in [0.717, 1.165) is 0 Å². The second-order valence-corrected chi connectivity index (χ2v) is 0.250. The molecule has 0 amide bonds. The summed E-state index contributed by atoms with van der Waals surface area (Å²) in [7, 11) is 0. The third-order valence-corrected chi connectivity index (χ3v) is 0. The monoisotopic (exact) mass is 328 g/mol. The standard InChI is InChI=1S/CH2O3.2Na.Rn/c2-1(3)4;;;/h(H2,2,3,4);;;/q;2*+1;/p-2. The Hall–Kier alpha value is 3.39. The third-order valence-electron chi connectivity index (χ3n) is 0. The number of hydrogen-bond acceptors (Lipinski definition) is 3. The quantitative estimate of drug-likeness (QED) is 0.415. The zero-order valence-corrected chi connectivity index (χ0v) is 10.8. The molecule has 0 rings (SSSR count). The van der Waals surface area contributed by atoms with Gasteiger partial charge in [0.25, 0.3) is 0 Å². The van der Waals surface area contributed by atoms with Gasteiger partial charge in [0.15, 0.2) is 0 Å². The van der Waals surface area contributed by atoms with E-state index in [0.29, 0.717) is 0 Å². The first-order valence-corrected chi connectivity index (χ1v) is 0.612. The van der Waals surface area contributed by atoms with Gasteiger partial charge in [0, 0.05) is 71.9 Å². The van der Waals surface area contributed by atoms with Crippen molar-refractivity contribution in [2.24, 2.45) is 0 Å². The van der Waals surface area contributed by atoms with Crippen LogP contribution in [0.5, 0.6) is 0 Å². The van der Waals surface area contributed by atoms with Crippen LogP contribution in [0.4, 0.5) is 4.79 Å². The second kappa shape index (κ2) is 16.2. The van der Waals surface area contributed by atoms with Crippen molar-refractivity contribution in [1.29, 1.82) is 0 Å². The molecule has 0 aromatic rings. The summed E-state index contributed by atoms with van der Waals surface area (Å²) >= 11 is 0. The van der Waals surface area contributed by atoms with Gasteiger partial charge in [-0.25, -0.2) is 0 Å². The largest absolute Gasteiger partial charge is 1.00 e. The maximum atomic E-state index is 8.33. The van der Waals surface area contributed by atoms with Gasteiger partial charge in [-0.2, -0.15) is 0 Å². The van der Waals surface area contributed by atoms with Gasteiger partial charge in [-0.15, -0.1) is 0 Å². The maximum absolute atomic E-state index is 8.33. The Balaban J connectivity index is -0.0000000150. The minimum absolute atomic E-state index is 0. The van der Waals surface area contributed by atoms with Gasteiger partial charge in [-0.3, -0.25) is 0 Å². The molecule has 0 atom stereocenters. The molecule has 7 heavy (non-hydrogen) atoms. The molecule has 0 aliphatic rings. The fraction of sp³-hybridized carbons (Fsp3) is 0.